The lowest BCUT2D eigenvalue weighted by Gasteiger charge is -2.16. The molecule has 5 aromatic rings. The smallest absolute Gasteiger partial charge is 0.197 e. The maximum Gasteiger partial charge on any atom is 0.197 e. The predicted octanol–water partition coefficient (Wildman–Crippen LogP) is 8.03. The first-order valence-corrected chi connectivity index (χ1v) is 12.3. The molecule has 0 saturated carbocycles. The Balaban J connectivity index is 1.84. The van der Waals surface area contributed by atoms with Crippen LogP contribution in [0.15, 0.2) is 113 Å². The van der Waals surface area contributed by atoms with Crippen molar-refractivity contribution in [2.45, 2.75) is 18.2 Å². The van der Waals surface area contributed by atoms with Gasteiger partial charge in [-0.2, -0.15) is 0 Å². The zero-order valence-electron chi connectivity index (χ0n) is 18.5. The zero-order valence-corrected chi connectivity index (χ0v) is 19.4. The summed E-state index contributed by atoms with van der Waals surface area (Å²) in [7, 11) is 0. The number of para-hydroxylation sites is 1. The third-order valence-corrected chi connectivity index (χ3v) is 7.08. The molecule has 0 fully saturated rings. The monoisotopic (exact) mass is 447 g/mol. The number of fused-ring (bicyclic) bond motifs is 1. The Kier molecular flexibility index (Phi) is 6.14. The molecule has 0 saturated heterocycles. The highest BCUT2D eigenvalue weighted by molar-refractivity contribution is 7.99. The molecule has 0 amide bonds. The lowest BCUT2D eigenvalue weighted by Crippen LogP contribution is -2.10. The van der Waals surface area contributed by atoms with Crippen molar-refractivity contribution in [2.24, 2.45) is 0 Å². The van der Waals surface area contributed by atoms with Gasteiger partial charge < -0.3 is 4.98 Å². The van der Waals surface area contributed by atoms with Gasteiger partial charge in [-0.05, 0) is 41.0 Å². The molecule has 0 spiro atoms. The normalized spacial score (nSPS) is 11.1. The maximum absolute atomic E-state index is 13.9. The molecule has 2 nitrogen and oxygen atoms in total. The molecule has 4 aromatic carbocycles. The van der Waals surface area contributed by atoms with Crippen LogP contribution in [0.25, 0.3) is 44.4 Å². The van der Waals surface area contributed by atoms with Crippen molar-refractivity contribution in [2.75, 3.05) is 5.75 Å². The Morgan fingerprint density at radius 3 is 2.06 bits per heavy atom. The topological polar surface area (TPSA) is 32.9 Å². The summed E-state index contributed by atoms with van der Waals surface area (Å²) in [5.41, 5.74) is 6.62. The summed E-state index contributed by atoms with van der Waals surface area (Å²) < 4.78 is 0. The predicted molar refractivity (Wildman–Crippen MR) is 142 cm³/mol. The Bertz CT molecular complexity index is 1460. The van der Waals surface area contributed by atoms with Crippen LogP contribution in [0.2, 0.25) is 0 Å². The van der Waals surface area contributed by atoms with E-state index in [9.17, 15) is 4.79 Å². The molecule has 0 bridgehead atoms. The number of H-pyrrole nitrogens is 1. The van der Waals surface area contributed by atoms with Gasteiger partial charge in [-0.25, -0.2) is 0 Å². The molecule has 5 rings (SSSR count). The van der Waals surface area contributed by atoms with Gasteiger partial charge in [0.05, 0.1) is 16.8 Å². The SMILES string of the molecule is CCCSc1ccccc1-c1cccc2c(=O)c(-c3ccccc3)c(-c3ccccc3)[nH]c12. The summed E-state index contributed by atoms with van der Waals surface area (Å²) in [5.74, 6) is 1.06. The van der Waals surface area contributed by atoms with Gasteiger partial charge in [-0.1, -0.05) is 97.9 Å². The fourth-order valence-corrected chi connectivity index (χ4v) is 5.20. The number of benzene rings is 4. The van der Waals surface area contributed by atoms with Gasteiger partial charge in [-0.15, -0.1) is 11.8 Å². The summed E-state index contributed by atoms with van der Waals surface area (Å²) in [6, 6.07) is 34.6. The quantitative estimate of drug-likeness (QED) is 0.267. The second-order valence-corrected chi connectivity index (χ2v) is 9.15. The van der Waals surface area contributed by atoms with Crippen LogP contribution in [0.4, 0.5) is 0 Å². The van der Waals surface area contributed by atoms with Gasteiger partial charge in [0.1, 0.15) is 0 Å². The average Bonchev–Trinajstić information content (AvgIpc) is 2.88. The number of nitrogens with one attached hydrogen (secondary N) is 1. The summed E-state index contributed by atoms with van der Waals surface area (Å²) in [4.78, 5) is 18.9. The first kappa shape index (κ1) is 21.3. The highest BCUT2D eigenvalue weighted by atomic mass is 32.2. The van der Waals surface area contributed by atoms with Gasteiger partial charge in [0.25, 0.3) is 0 Å². The highest BCUT2D eigenvalue weighted by Crippen LogP contribution is 2.37. The van der Waals surface area contributed by atoms with E-state index in [1.165, 1.54) is 4.90 Å². The summed E-state index contributed by atoms with van der Waals surface area (Å²) >= 11 is 1.86. The number of hydrogen-bond donors (Lipinski definition) is 1. The van der Waals surface area contributed by atoms with Gasteiger partial charge >= 0.3 is 0 Å². The molecule has 1 N–H and O–H groups in total. The van der Waals surface area contributed by atoms with E-state index in [1.807, 2.05) is 72.4 Å². The number of rotatable bonds is 6. The molecule has 1 heterocycles. The summed E-state index contributed by atoms with van der Waals surface area (Å²) in [5, 5.41) is 0.710. The number of hydrogen-bond acceptors (Lipinski definition) is 2. The third-order valence-electron chi connectivity index (χ3n) is 5.80. The van der Waals surface area contributed by atoms with Crippen LogP contribution in [0.1, 0.15) is 13.3 Å². The minimum absolute atomic E-state index is 0.0503. The van der Waals surface area contributed by atoms with Gasteiger partial charge in [0, 0.05) is 15.8 Å². The first-order valence-electron chi connectivity index (χ1n) is 11.3. The molecule has 1 aromatic heterocycles. The summed E-state index contributed by atoms with van der Waals surface area (Å²) in [6.07, 6.45) is 1.12. The largest absolute Gasteiger partial charge is 0.353 e. The Labute approximate surface area is 198 Å². The van der Waals surface area contributed by atoms with E-state index in [4.69, 9.17) is 0 Å². The molecule has 0 radical (unpaired) electrons. The summed E-state index contributed by atoms with van der Waals surface area (Å²) in [6.45, 7) is 2.20. The standard InChI is InChI=1S/C30H25NOS/c1-2-20-33-26-19-10-9-16-23(26)24-17-11-18-25-29(24)31-28(22-14-7-4-8-15-22)27(30(25)32)21-12-5-3-6-13-21/h3-19H,2,20H2,1H3,(H,31,32). The molecule has 0 aliphatic carbocycles. The molecular formula is C30H25NOS. The Morgan fingerprint density at radius 2 is 1.33 bits per heavy atom. The van der Waals surface area contributed by atoms with Gasteiger partial charge in [0.2, 0.25) is 0 Å². The maximum atomic E-state index is 13.9. The van der Waals surface area contributed by atoms with Gasteiger partial charge in [0.15, 0.2) is 5.43 Å². The second kappa shape index (κ2) is 9.51. The minimum Gasteiger partial charge on any atom is -0.353 e. The van der Waals surface area contributed by atoms with Gasteiger partial charge in [-0.3, -0.25) is 4.79 Å². The number of thioether (sulfide) groups is 1. The molecule has 33 heavy (non-hydrogen) atoms. The molecular weight excluding hydrogens is 422 g/mol. The van der Waals surface area contributed by atoms with E-state index >= 15 is 0 Å². The van der Waals surface area contributed by atoms with E-state index < -0.39 is 0 Å². The fraction of sp³-hybridized carbons (Fsp3) is 0.100. The van der Waals surface area contributed by atoms with Crippen LogP contribution in [-0.2, 0) is 0 Å². The number of aromatic amines is 1. The van der Waals surface area contributed by atoms with Crippen LogP contribution in [0.5, 0.6) is 0 Å². The Morgan fingerprint density at radius 1 is 0.697 bits per heavy atom. The van der Waals surface area contributed by atoms with Crippen molar-refractivity contribution < 1.29 is 0 Å². The average molecular weight is 448 g/mol. The first-order chi connectivity index (χ1) is 16.3. The van der Waals surface area contributed by atoms with E-state index in [1.54, 1.807) is 0 Å². The van der Waals surface area contributed by atoms with Crippen molar-refractivity contribution >= 4 is 22.7 Å². The van der Waals surface area contributed by atoms with Crippen molar-refractivity contribution in [1.82, 2.24) is 4.98 Å². The van der Waals surface area contributed by atoms with Crippen molar-refractivity contribution in [3.8, 4) is 33.5 Å². The van der Waals surface area contributed by atoms with E-state index in [-0.39, 0.29) is 5.43 Å². The van der Waals surface area contributed by atoms with Crippen LogP contribution >= 0.6 is 11.8 Å². The highest BCUT2D eigenvalue weighted by Gasteiger charge is 2.18. The number of aromatic nitrogens is 1. The third kappa shape index (κ3) is 4.12. The van der Waals surface area contributed by atoms with Crippen LogP contribution in [0, 0.1) is 0 Å². The van der Waals surface area contributed by atoms with E-state index in [0.29, 0.717) is 10.9 Å². The molecule has 162 valence electrons. The van der Waals surface area contributed by atoms with Crippen LogP contribution in [0.3, 0.4) is 0 Å². The Hall–Kier alpha value is -3.56. The lowest BCUT2D eigenvalue weighted by molar-refractivity contribution is 1.10. The van der Waals surface area contributed by atoms with Crippen molar-refractivity contribution in [3.63, 3.8) is 0 Å². The zero-order chi connectivity index (χ0) is 22.6. The van der Waals surface area contributed by atoms with Crippen molar-refractivity contribution in [1.29, 1.82) is 0 Å². The van der Waals surface area contributed by atoms with Crippen molar-refractivity contribution in [3.05, 3.63) is 113 Å². The molecule has 0 aliphatic rings. The molecule has 3 heteroatoms. The molecule has 0 unspecified atom stereocenters. The van der Waals surface area contributed by atoms with Crippen LogP contribution < -0.4 is 5.43 Å². The lowest BCUT2D eigenvalue weighted by atomic mass is 9.94. The van der Waals surface area contributed by atoms with E-state index in [2.05, 4.69) is 54.4 Å². The van der Waals surface area contributed by atoms with E-state index in [0.717, 1.165) is 45.6 Å². The second-order valence-electron chi connectivity index (χ2n) is 8.01. The molecule has 0 aliphatic heterocycles. The molecule has 0 atom stereocenters. The minimum atomic E-state index is 0.0503. The number of pyridine rings is 1. The fourth-order valence-electron chi connectivity index (χ4n) is 4.26. The van der Waals surface area contributed by atoms with Crippen LogP contribution in [-0.4, -0.2) is 10.7 Å².